The molecule has 0 amide bonds. The summed E-state index contributed by atoms with van der Waals surface area (Å²) in [5.41, 5.74) is 0. The summed E-state index contributed by atoms with van der Waals surface area (Å²) in [7, 11) is -2.00. The molecule has 0 rings (SSSR count). The van der Waals surface area contributed by atoms with Gasteiger partial charge in [-0.3, -0.25) is 0 Å². The van der Waals surface area contributed by atoms with Crippen LogP contribution in [-0.4, -0.2) is 39.0 Å². The van der Waals surface area contributed by atoms with Crippen molar-refractivity contribution >= 4 is 7.32 Å². The Kier molecular flexibility index (Phi) is 6.28. The van der Waals surface area contributed by atoms with Crippen LogP contribution in [0.4, 0.5) is 26.3 Å². The predicted octanol–water partition coefficient (Wildman–Crippen LogP) is 2.55. The summed E-state index contributed by atoms with van der Waals surface area (Å²) in [6.45, 7) is 2.47. The third-order valence-corrected chi connectivity index (χ3v) is 1.45. The minimum Gasteiger partial charge on any atom is -0.386 e. The van der Waals surface area contributed by atoms with E-state index in [0.717, 1.165) is 0 Å². The van der Waals surface area contributed by atoms with E-state index in [1.54, 1.807) is 0 Å². The third kappa shape index (κ3) is 6.13. The van der Waals surface area contributed by atoms with Gasteiger partial charge in [-0.05, 0) is 13.8 Å². The van der Waals surface area contributed by atoms with Gasteiger partial charge in [0.25, 0.3) is 0 Å². The highest BCUT2D eigenvalue weighted by molar-refractivity contribution is 6.36. The molecule has 0 aromatic carbocycles. The van der Waals surface area contributed by atoms with E-state index >= 15 is 0 Å². The van der Waals surface area contributed by atoms with Crippen LogP contribution in [0.1, 0.15) is 13.8 Å². The maximum atomic E-state index is 12.1. The summed E-state index contributed by atoms with van der Waals surface area (Å²) < 4.78 is 85.3. The zero-order valence-corrected chi connectivity index (χ0v) is 9.06. The van der Waals surface area contributed by atoms with Crippen molar-refractivity contribution in [1.82, 2.24) is 0 Å². The van der Waals surface area contributed by atoms with Crippen LogP contribution in [0, 0.1) is 0 Å². The van der Waals surface area contributed by atoms with Gasteiger partial charge in [0, 0.05) is 13.2 Å². The van der Waals surface area contributed by atoms with Crippen LogP contribution in [-0.2, 0) is 14.0 Å². The lowest BCUT2D eigenvalue weighted by Crippen LogP contribution is -2.49. The Morgan fingerprint density at radius 3 is 1.47 bits per heavy atom. The van der Waals surface area contributed by atoms with E-state index in [4.69, 9.17) is 0 Å². The average Bonchev–Trinajstić information content (AvgIpc) is 2.10. The first-order valence-electron chi connectivity index (χ1n) is 4.65. The van der Waals surface area contributed by atoms with Crippen LogP contribution in [0.15, 0.2) is 0 Å². The van der Waals surface area contributed by atoms with Crippen molar-refractivity contribution in [3.8, 4) is 0 Å². The van der Waals surface area contributed by atoms with E-state index < -0.39 is 25.8 Å². The minimum absolute atomic E-state index is 0.146. The maximum absolute atomic E-state index is 12.1. The first kappa shape index (κ1) is 16.5. The van der Waals surface area contributed by atoms with Gasteiger partial charge in [0.2, 0.25) is 6.10 Å². The Hall–Kier alpha value is -0.475. The maximum Gasteiger partial charge on any atom is 0.640 e. The van der Waals surface area contributed by atoms with Crippen LogP contribution in [0.3, 0.4) is 0 Å². The highest BCUT2D eigenvalue weighted by atomic mass is 19.4. The molecular weight excluding hydrogens is 257 g/mol. The molecule has 17 heavy (non-hydrogen) atoms. The summed E-state index contributed by atoms with van der Waals surface area (Å²) in [5, 5.41) is 0. The molecule has 0 fully saturated rings. The van der Waals surface area contributed by atoms with Crippen LogP contribution in [0.25, 0.3) is 0 Å². The molecule has 0 radical (unpaired) electrons. The number of hydrogen-bond acceptors (Lipinski definition) is 3. The van der Waals surface area contributed by atoms with E-state index in [1.165, 1.54) is 13.8 Å². The molecule has 0 atom stereocenters. The fraction of sp³-hybridized carbons (Fsp3) is 1.00. The zero-order chi connectivity index (χ0) is 13.7. The third-order valence-electron chi connectivity index (χ3n) is 1.45. The van der Waals surface area contributed by atoms with Gasteiger partial charge in [0.15, 0.2) is 0 Å². The van der Waals surface area contributed by atoms with E-state index in [2.05, 4.69) is 14.0 Å². The lowest BCUT2D eigenvalue weighted by Gasteiger charge is -2.25. The van der Waals surface area contributed by atoms with Gasteiger partial charge in [-0.25, -0.2) is 0 Å². The van der Waals surface area contributed by atoms with Gasteiger partial charge in [-0.2, -0.15) is 26.3 Å². The molecule has 0 heterocycles. The van der Waals surface area contributed by atoms with Crippen LogP contribution in [0.5, 0.6) is 0 Å². The minimum atomic E-state index is -5.58. The lowest BCUT2D eigenvalue weighted by atomic mass is 10.2. The molecule has 0 saturated carbocycles. The normalized spacial score (nSPS) is 13.2. The van der Waals surface area contributed by atoms with Gasteiger partial charge in [0.1, 0.15) is 0 Å². The summed E-state index contributed by atoms with van der Waals surface area (Å²) in [6, 6.07) is 0. The fourth-order valence-corrected chi connectivity index (χ4v) is 0.850. The van der Waals surface area contributed by atoms with Crippen molar-refractivity contribution in [3.63, 3.8) is 0 Å². The monoisotopic (exact) mass is 268 g/mol. The van der Waals surface area contributed by atoms with Gasteiger partial charge < -0.3 is 14.0 Å². The van der Waals surface area contributed by atoms with Crippen LogP contribution in [0.2, 0.25) is 0 Å². The molecule has 10 heteroatoms. The van der Waals surface area contributed by atoms with Crippen LogP contribution < -0.4 is 0 Å². The average molecular weight is 268 g/mol. The number of halogens is 6. The zero-order valence-electron chi connectivity index (χ0n) is 9.06. The number of rotatable bonds is 6. The molecule has 3 nitrogen and oxygen atoms in total. The van der Waals surface area contributed by atoms with Gasteiger partial charge >= 0.3 is 19.7 Å². The second kappa shape index (κ2) is 6.46. The summed E-state index contributed by atoms with van der Waals surface area (Å²) >= 11 is 0. The van der Waals surface area contributed by atoms with E-state index in [9.17, 15) is 26.3 Å². The first-order valence-corrected chi connectivity index (χ1v) is 4.65. The molecule has 0 unspecified atom stereocenters. The molecule has 102 valence electrons. The summed E-state index contributed by atoms with van der Waals surface area (Å²) in [6.07, 6.45) is -15.1. The van der Waals surface area contributed by atoms with Crippen molar-refractivity contribution in [3.05, 3.63) is 0 Å². The molecule has 0 bridgehead atoms. The second-order valence-electron chi connectivity index (χ2n) is 2.80. The molecule has 0 aliphatic carbocycles. The lowest BCUT2D eigenvalue weighted by molar-refractivity contribution is -0.307. The molecule has 0 aliphatic heterocycles. The van der Waals surface area contributed by atoms with Gasteiger partial charge in [-0.1, -0.05) is 0 Å². The van der Waals surface area contributed by atoms with Gasteiger partial charge in [0.05, 0.1) is 0 Å². The standard InChI is InChI=1S/C7H11BF6O3/c1-3-15-8(16-4-2)17-5(6(9,10)11)7(12,13)14/h5H,3-4H2,1-2H3. The smallest absolute Gasteiger partial charge is 0.386 e. The number of alkyl halides is 6. The highest BCUT2D eigenvalue weighted by Gasteiger charge is 2.59. The molecule has 0 aliphatic rings. The first-order chi connectivity index (χ1) is 7.62. The van der Waals surface area contributed by atoms with Crippen molar-refractivity contribution in [2.75, 3.05) is 13.2 Å². The molecule has 0 aromatic heterocycles. The molecule has 0 spiro atoms. The summed E-state index contributed by atoms with van der Waals surface area (Å²) in [5.74, 6) is 0. The van der Waals surface area contributed by atoms with Gasteiger partial charge in [-0.15, -0.1) is 0 Å². The van der Waals surface area contributed by atoms with E-state index in [0.29, 0.717) is 0 Å². The van der Waals surface area contributed by atoms with E-state index in [-0.39, 0.29) is 13.2 Å². The predicted molar refractivity (Wildman–Crippen MR) is 46.0 cm³/mol. The SMILES string of the molecule is CCOB(OCC)OC(C(F)(F)F)C(F)(F)F. The molecule has 0 aromatic rings. The second-order valence-corrected chi connectivity index (χ2v) is 2.80. The largest absolute Gasteiger partial charge is 0.640 e. The molecule has 0 N–H and O–H groups in total. The quantitative estimate of drug-likeness (QED) is 0.547. The molecule has 0 saturated heterocycles. The summed E-state index contributed by atoms with van der Waals surface area (Å²) in [4.78, 5) is 0. The van der Waals surface area contributed by atoms with Crippen LogP contribution >= 0.6 is 0 Å². The Morgan fingerprint density at radius 1 is 0.882 bits per heavy atom. The fourth-order valence-electron chi connectivity index (χ4n) is 0.850. The Balaban J connectivity index is 4.72. The Bertz CT molecular complexity index is 199. The van der Waals surface area contributed by atoms with Crippen molar-refractivity contribution < 1.29 is 40.3 Å². The number of hydrogen-bond donors (Lipinski definition) is 0. The Labute approximate surface area is 94.2 Å². The van der Waals surface area contributed by atoms with Crippen molar-refractivity contribution in [2.24, 2.45) is 0 Å². The molecular formula is C7H11BF6O3. The van der Waals surface area contributed by atoms with E-state index in [1.807, 2.05) is 0 Å². The van der Waals surface area contributed by atoms with Crippen molar-refractivity contribution in [2.45, 2.75) is 32.3 Å². The Morgan fingerprint density at radius 2 is 1.24 bits per heavy atom. The topological polar surface area (TPSA) is 27.7 Å². The highest BCUT2D eigenvalue weighted by Crippen LogP contribution is 2.36. The van der Waals surface area contributed by atoms with Crippen molar-refractivity contribution in [1.29, 1.82) is 0 Å².